The Morgan fingerprint density at radius 3 is 2.56 bits per heavy atom. The maximum atomic E-state index is 13.8. The second kappa shape index (κ2) is 12.7. The Hall–Kier alpha value is -3.43. The summed E-state index contributed by atoms with van der Waals surface area (Å²) in [5, 5.41) is 7.15. The van der Waals surface area contributed by atoms with Gasteiger partial charge in [-0.25, -0.2) is 8.42 Å². The third-order valence-electron chi connectivity index (χ3n) is 8.61. The van der Waals surface area contributed by atoms with Gasteiger partial charge in [0.25, 0.3) is 0 Å². The normalized spacial score (nSPS) is 18.6. The fourth-order valence-corrected chi connectivity index (χ4v) is 8.12. The molecule has 2 heterocycles. The summed E-state index contributed by atoms with van der Waals surface area (Å²) in [7, 11) is -3.87. The molecule has 2 atom stereocenters. The van der Waals surface area contributed by atoms with Gasteiger partial charge >= 0.3 is 0 Å². The van der Waals surface area contributed by atoms with Crippen LogP contribution in [-0.2, 0) is 47.3 Å². The highest BCUT2D eigenvalue weighted by molar-refractivity contribution is 7.89. The van der Waals surface area contributed by atoms with Crippen LogP contribution in [0.25, 0.3) is 0 Å². The summed E-state index contributed by atoms with van der Waals surface area (Å²) in [6, 6.07) is 25.0. The van der Waals surface area contributed by atoms with Gasteiger partial charge < -0.3 is 15.2 Å². The minimum atomic E-state index is -3.87. The maximum Gasteiger partial charge on any atom is 0.243 e. The molecule has 2 aliphatic rings. The number of aryl methyl sites for hydroxylation is 2. The van der Waals surface area contributed by atoms with Crippen molar-refractivity contribution in [1.29, 1.82) is 0 Å². The average Bonchev–Trinajstić information content (AvgIpc) is 3.49. The first-order chi connectivity index (χ1) is 20.8. The first-order valence-corrected chi connectivity index (χ1v) is 16.7. The van der Waals surface area contributed by atoms with E-state index in [9.17, 15) is 13.2 Å². The third-order valence-corrected chi connectivity index (χ3v) is 10.9. The van der Waals surface area contributed by atoms with E-state index in [1.165, 1.54) is 32.6 Å². The highest BCUT2D eigenvalue weighted by Gasteiger charge is 2.38. The van der Waals surface area contributed by atoms with Gasteiger partial charge in [0.05, 0.1) is 10.9 Å². The number of halogens is 1. The Labute approximate surface area is 258 Å². The summed E-state index contributed by atoms with van der Waals surface area (Å²) >= 11 is 6.29. The summed E-state index contributed by atoms with van der Waals surface area (Å²) in [5.41, 5.74) is 6.76. The maximum absolute atomic E-state index is 13.8. The Morgan fingerprint density at radius 2 is 1.74 bits per heavy atom. The van der Waals surface area contributed by atoms with Crippen molar-refractivity contribution in [3.8, 4) is 0 Å². The lowest BCUT2D eigenvalue weighted by Crippen LogP contribution is -2.45. The molecule has 0 spiro atoms. The number of nitrogens with one attached hydrogen (secondary N) is 2. The molecule has 9 heteroatoms. The summed E-state index contributed by atoms with van der Waals surface area (Å²) in [4.78, 5) is 13.6. The molecular formula is C34H37ClN4O3S. The molecule has 1 amide bonds. The summed E-state index contributed by atoms with van der Waals surface area (Å²) in [6.07, 6.45) is 4.51. The van der Waals surface area contributed by atoms with Gasteiger partial charge in [0.2, 0.25) is 15.9 Å². The van der Waals surface area contributed by atoms with Crippen LogP contribution in [0, 0.1) is 6.92 Å². The van der Waals surface area contributed by atoms with Crippen LogP contribution in [0.15, 0.2) is 90.0 Å². The van der Waals surface area contributed by atoms with E-state index in [0.29, 0.717) is 11.6 Å². The first-order valence-electron chi connectivity index (χ1n) is 14.9. The minimum absolute atomic E-state index is 0.0124. The SMILES string of the molecule is Cc1ccc(S(=O)(=O)N2CCn3cccc3C2CC(=O)NC2CCc3cc(CNCc4ccccc4)ccc3C2)cc1Cl. The Kier molecular flexibility index (Phi) is 8.73. The molecular weight excluding hydrogens is 580 g/mol. The van der Waals surface area contributed by atoms with E-state index in [2.05, 4.69) is 53.1 Å². The number of carbonyl (C=O) groups is 1. The predicted molar refractivity (Wildman–Crippen MR) is 169 cm³/mol. The Morgan fingerprint density at radius 1 is 0.930 bits per heavy atom. The molecule has 4 aromatic rings. The summed E-state index contributed by atoms with van der Waals surface area (Å²) in [5.74, 6) is -0.142. The molecule has 0 radical (unpaired) electrons. The van der Waals surface area contributed by atoms with E-state index >= 15 is 0 Å². The topological polar surface area (TPSA) is 83.4 Å². The number of nitrogens with zero attached hydrogens (tertiary/aromatic N) is 2. The third kappa shape index (κ3) is 6.58. The standard InChI is InChI=1S/C34H37ClN4O3S/c1-24-9-14-30(20-31(24)35)43(41,42)39-17-16-38-15-5-8-32(38)33(39)21-34(40)37-29-13-12-27-18-26(10-11-28(27)19-29)23-36-22-25-6-3-2-4-7-25/h2-11,14-15,18,20,29,33,36H,12-13,16-17,19,21-23H2,1H3,(H,37,40). The van der Waals surface area contributed by atoms with Gasteiger partial charge in [-0.3, -0.25) is 4.79 Å². The van der Waals surface area contributed by atoms with Crippen molar-refractivity contribution >= 4 is 27.5 Å². The summed E-state index contributed by atoms with van der Waals surface area (Å²) < 4.78 is 31.1. The van der Waals surface area contributed by atoms with Crippen molar-refractivity contribution in [1.82, 2.24) is 19.5 Å². The van der Waals surface area contributed by atoms with Crippen molar-refractivity contribution in [3.05, 3.63) is 124 Å². The van der Waals surface area contributed by atoms with E-state index in [4.69, 9.17) is 11.6 Å². The molecule has 1 aliphatic carbocycles. The fraction of sp³-hybridized carbons (Fsp3) is 0.324. The van der Waals surface area contributed by atoms with Gasteiger partial charge in [0.15, 0.2) is 0 Å². The van der Waals surface area contributed by atoms with Gasteiger partial charge in [-0.1, -0.05) is 66.2 Å². The van der Waals surface area contributed by atoms with Crippen LogP contribution in [-0.4, -0.2) is 35.8 Å². The van der Waals surface area contributed by atoms with Crippen molar-refractivity contribution in [2.75, 3.05) is 6.54 Å². The molecule has 2 N–H and O–H groups in total. The zero-order valence-corrected chi connectivity index (χ0v) is 25.9. The number of hydrogen-bond acceptors (Lipinski definition) is 4. The Bertz CT molecular complexity index is 1720. The van der Waals surface area contributed by atoms with E-state index < -0.39 is 16.1 Å². The number of amides is 1. The highest BCUT2D eigenvalue weighted by atomic mass is 35.5. The van der Waals surface area contributed by atoms with Crippen molar-refractivity contribution < 1.29 is 13.2 Å². The second-order valence-electron chi connectivity index (χ2n) is 11.6. The van der Waals surface area contributed by atoms with Crippen LogP contribution >= 0.6 is 11.6 Å². The number of fused-ring (bicyclic) bond motifs is 2. The van der Waals surface area contributed by atoms with Gasteiger partial charge in [-0.15, -0.1) is 0 Å². The van der Waals surface area contributed by atoms with Crippen molar-refractivity contribution in [3.63, 3.8) is 0 Å². The molecule has 3 aromatic carbocycles. The van der Waals surface area contributed by atoms with Crippen LogP contribution in [0.3, 0.4) is 0 Å². The molecule has 224 valence electrons. The molecule has 0 fully saturated rings. The lowest BCUT2D eigenvalue weighted by atomic mass is 9.87. The number of benzene rings is 3. The van der Waals surface area contributed by atoms with Crippen LogP contribution in [0.1, 0.15) is 52.4 Å². The molecule has 0 saturated carbocycles. The van der Waals surface area contributed by atoms with Crippen molar-refractivity contribution in [2.24, 2.45) is 0 Å². The quantitative estimate of drug-likeness (QED) is 0.258. The van der Waals surface area contributed by atoms with Crippen LogP contribution in [0.5, 0.6) is 0 Å². The van der Waals surface area contributed by atoms with Gasteiger partial charge in [0, 0.05) is 55.6 Å². The van der Waals surface area contributed by atoms with E-state index in [0.717, 1.165) is 43.6 Å². The molecule has 0 saturated heterocycles. The van der Waals surface area contributed by atoms with Gasteiger partial charge in [-0.2, -0.15) is 4.31 Å². The Balaban J connectivity index is 1.10. The molecule has 1 aliphatic heterocycles. The zero-order valence-electron chi connectivity index (χ0n) is 24.3. The number of sulfonamides is 1. The fourth-order valence-electron chi connectivity index (χ4n) is 6.26. The first kappa shape index (κ1) is 29.6. The number of hydrogen-bond donors (Lipinski definition) is 2. The monoisotopic (exact) mass is 616 g/mol. The predicted octanol–water partition coefficient (Wildman–Crippen LogP) is 5.55. The molecule has 7 nitrogen and oxygen atoms in total. The molecule has 0 bridgehead atoms. The van der Waals surface area contributed by atoms with E-state index in [1.807, 2.05) is 35.9 Å². The molecule has 1 aromatic heterocycles. The number of rotatable bonds is 9. The highest BCUT2D eigenvalue weighted by Crippen LogP contribution is 2.35. The van der Waals surface area contributed by atoms with Crippen LogP contribution < -0.4 is 10.6 Å². The van der Waals surface area contributed by atoms with Crippen LogP contribution in [0.2, 0.25) is 5.02 Å². The van der Waals surface area contributed by atoms with Crippen LogP contribution in [0.4, 0.5) is 0 Å². The molecule has 43 heavy (non-hydrogen) atoms. The van der Waals surface area contributed by atoms with E-state index in [-0.39, 0.29) is 29.8 Å². The van der Waals surface area contributed by atoms with E-state index in [1.54, 1.807) is 12.1 Å². The number of aromatic nitrogens is 1. The average molecular weight is 617 g/mol. The lowest BCUT2D eigenvalue weighted by Gasteiger charge is -2.36. The molecule has 2 unspecified atom stereocenters. The smallest absolute Gasteiger partial charge is 0.243 e. The summed E-state index contributed by atoms with van der Waals surface area (Å²) in [6.45, 7) is 4.29. The minimum Gasteiger partial charge on any atom is -0.353 e. The molecule has 6 rings (SSSR count). The second-order valence-corrected chi connectivity index (χ2v) is 13.9. The number of carbonyl (C=O) groups excluding carboxylic acids is 1. The largest absolute Gasteiger partial charge is 0.353 e. The van der Waals surface area contributed by atoms with Gasteiger partial charge in [0.1, 0.15) is 0 Å². The lowest BCUT2D eigenvalue weighted by molar-refractivity contribution is -0.123. The van der Waals surface area contributed by atoms with Crippen molar-refractivity contribution in [2.45, 2.75) is 69.2 Å². The van der Waals surface area contributed by atoms with Gasteiger partial charge in [-0.05, 0) is 78.3 Å². The zero-order chi connectivity index (χ0) is 30.0.